The molecule has 0 radical (unpaired) electrons. The van der Waals surface area contributed by atoms with Crippen molar-refractivity contribution in [1.82, 2.24) is 15.2 Å². The van der Waals surface area contributed by atoms with Crippen LogP contribution in [-0.4, -0.2) is 71.1 Å². The van der Waals surface area contributed by atoms with Crippen molar-refractivity contribution in [2.75, 3.05) is 12.3 Å². The van der Waals surface area contributed by atoms with Gasteiger partial charge in [-0.3, -0.25) is 14.4 Å². The molecule has 1 aromatic carbocycles. The predicted octanol–water partition coefficient (Wildman–Crippen LogP) is 3.78. The molecule has 5 atom stereocenters. The quantitative estimate of drug-likeness (QED) is 0.415. The number of fused-ring (bicyclic) bond motifs is 1. The van der Waals surface area contributed by atoms with Crippen molar-refractivity contribution >= 4 is 38.2 Å². The first-order valence-electron chi connectivity index (χ1n) is 14.7. The number of likely N-dealkylation sites (tertiary alicyclic amines) is 1. The summed E-state index contributed by atoms with van der Waals surface area (Å²) in [5.41, 5.74) is -0.555. The van der Waals surface area contributed by atoms with Crippen molar-refractivity contribution in [2.24, 2.45) is 17.3 Å². The van der Waals surface area contributed by atoms with Crippen LogP contribution in [0.4, 0.5) is 0 Å². The lowest BCUT2D eigenvalue weighted by Crippen LogP contribution is -2.55. The Hall–Kier alpha value is -3.27. The van der Waals surface area contributed by atoms with E-state index in [1.807, 2.05) is 58.9 Å². The van der Waals surface area contributed by atoms with Gasteiger partial charge in [-0.15, -0.1) is 6.58 Å². The van der Waals surface area contributed by atoms with Gasteiger partial charge in [-0.2, -0.15) is 0 Å². The van der Waals surface area contributed by atoms with E-state index in [1.54, 1.807) is 17.2 Å². The van der Waals surface area contributed by atoms with Crippen LogP contribution in [0.25, 0.3) is 10.8 Å². The van der Waals surface area contributed by atoms with E-state index in [0.29, 0.717) is 25.1 Å². The number of aromatic nitrogens is 1. The maximum absolute atomic E-state index is 13.9. The molecule has 2 saturated carbocycles. The molecule has 5 rings (SSSR count). The van der Waals surface area contributed by atoms with Gasteiger partial charge >= 0.3 is 0 Å². The summed E-state index contributed by atoms with van der Waals surface area (Å²) in [5, 5.41) is 4.23. The summed E-state index contributed by atoms with van der Waals surface area (Å²) in [6.45, 7) is 13.8. The molecule has 3 aliphatic rings. The average molecular weight is 596 g/mol. The Kier molecular flexibility index (Phi) is 7.75. The number of amides is 2. The summed E-state index contributed by atoms with van der Waals surface area (Å²) in [4.78, 5) is 47.0. The smallest absolute Gasteiger partial charge is 0.243 e. The van der Waals surface area contributed by atoms with Crippen LogP contribution in [0.3, 0.4) is 0 Å². The number of rotatable bonds is 10. The molecular weight excluding hydrogens is 554 g/mol. The molecule has 0 spiro atoms. The summed E-state index contributed by atoms with van der Waals surface area (Å²) in [5.74, 6) is -2.10. The standard InChI is InChI=1S/C32H41N3O6S/c1-7-22-16-32(22,27(36)18-42(39,40)24-9-10-24)34-28(37)26-15-23(17-35(26)30(38)20(3)31(4,5)6)41-29-25-11-8-19(2)14-21(25)12-13-33-29/h7-8,11-14,20,22-24,26H,1,9-10,15-18H2,2-6H3,(H,34,37)/t20-,22-,23-,26+,32-/m1/s1. The maximum Gasteiger partial charge on any atom is 0.243 e. The topological polar surface area (TPSA) is 123 Å². The minimum atomic E-state index is -3.56. The molecule has 1 aliphatic heterocycles. The number of Topliss-reactive ketones (excluding diaryl/α,β-unsaturated/α-hetero) is 1. The third-order valence-electron chi connectivity index (χ3n) is 9.19. The monoisotopic (exact) mass is 595 g/mol. The Morgan fingerprint density at radius 3 is 2.57 bits per heavy atom. The lowest BCUT2D eigenvalue weighted by molar-refractivity contribution is -0.144. The minimum absolute atomic E-state index is 0.178. The number of nitrogens with one attached hydrogen (secondary N) is 1. The van der Waals surface area contributed by atoms with Crippen LogP contribution in [0.2, 0.25) is 0 Å². The molecule has 3 fully saturated rings. The zero-order valence-electron chi connectivity index (χ0n) is 25.1. The molecule has 0 unspecified atom stereocenters. The van der Waals surface area contributed by atoms with Gasteiger partial charge in [0.2, 0.25) is 17.7 Å². The molecule has 2 aromatic rings. The van der Waals surface area contributed by atoms with Gasteiger partial charge in [0.25, 0.3) is 0 Å². The number of carbonyl (C=O) groups is 3. The van der Waals surface area contributed by atoms with Crippen LogP contribution >= 0.6 is 0 Å². The highest BCUT2D eigenvalue weighted by molar-refractivity contribution is 7.93. The Morgan fingerprint density at radius 2 is 1.95 bits per heavy atom. The van der Waals surface area contributed by atoms with Crippen molar-refractivity contribution in [3.63, 3.8) is 0 Å². The highest BCUT2D eigenvalue weighted by Gasteiger charge is 2.61. The Bertz CT molecular complexity index is 1540. The summed E-state index contributed by atoms with van der Waals surface area (Å²) >= 11 is 0. The van der Waals surface area contributed by atoms with E-state index < -0.39 is 50.2 Å². The second-order valence-corrected chi connectivity index (χ2v) is 15.6. The predicted molar refractivity (Wildman–Crippen MR) is 161 cm³/mol. The molecule has 9 nitrogen and oxygen atoms in total. The number of aryl methyl sites for hydroxylation is 1. The molecular formula is C32H41N3O6S. The first kappa shape index (κ1) is 30.2. The first-order chi connectivity index (χ1) is 19.7. The lowest BCUT2D eigenvalue weighted by Gasteiger charge is -2.33. The highest BCUT2D eigenvalue weighted by atomic mass is 32.2. The van der Waals surface area contributed by atoms with E-state index in [2.05, 4.69) is 16.9 Å². The van der Waals surface area contributed by atoms with Gasteiger partial charge < -0.3 is 15.0 Å². The maximum atomic E-state index is 13.9. The van der Waals surface area contributed by atoms with Gasteiger partial charge in [-0.1, -0.05) is 51.5 Å². The van der Waals surface area contributed by atoms with E-state index in [1.165, 1.54) is 0 Å². The summed E-state index contributed by atoms with van der Waals surface area (Å²) in [7, 11) is -3.56. The van der Waals surface area contributed by atoms with Crippen molar-refractivity contribution < 1.29 is 27.5 Å². The number of carbonyl (C=O) groups excluding carboxylic acids is 3. The fourth-order valence-corrected chi connectivity index (χ4v) is 7.49. The van der Waals surface area contributed by atoms with Crippen LogP contribution in [0.15, 0.2) is 43.1 Å². The number of pyridine rings is 1. The number of nitrogens with zero attached hydrogens (tertiary/aromatic N) is 2. The van der Waals surface area contributed by atoms with Crippen LogP contribution in [-0.2, 0) is 24.2 Å². The van der Waals surface area contributed by atoms with Crippen LogP contribution in [0.1, 0.15) is 58.9 Å². The van der Waals surface area contributed by atoms with Crippen LogP contribution in [0.5, 0.6) is 5.88 Å². The number of ether oxygens (including phenoxy) is 1. The van der Waals surface area contributed by atoms with E-state index in [9.17, 15) is 22.8 Å². The molecule has 2 aliphatic carbocycles. The molecule has 226 valence electrons. The zero-order valence-corrected chi connectivity index (χ0v) is 25.9. The largest absolute Gasteiger partial charge is 0.472 e. The normalized spacial score (nSPS) is 26.5. The molecule has 42 heavy (non-hydrogen) atoms. The van der Waals surface area contributed by atoms with Crippen molar-refractivity contribution in [3.8, 4) is 5.88 Å². The van der Waals surface area contributed by atoms with E-state index >= 15 is 0 Å². The molecule has 10 heteroatoms. The van der Waals surface area contributed by atoms with Gasteiger partial charge in [0, 0.05) is 29.8 Å². The first-order valence-corrected chi connectivity index (χ1v) is 16.4. The van der Waals surface area contributed by atoms with Gasteiger partial charge in [-0.25, -0.2) is 13.4 Å². The van der Waals surface area contributed by atoms with Gasteiger partial charge in [0.15, 0.2) is 15.6 Å². The molecule has 2 amide bonds. The average Bonchev–Trinajstić information content (AvgIpc) is 3.84. The van der Waals surface area contributed by atoms with Crippen molar-refractivity contribution in [1.29, 1.82) is 0 Å². The minimum Gasteiger partial charge on any atom is -0.472 e. The number of hydrogen-bond donors (Lipinski definition) is 1. The van der Waals surface area contributed by atoms with Crippen molar-refractivity contribution in [2.45, 2.75) is 83.2 Å². The number of benzene rings is 1. The Morgan fingerprint density at radius 1 is 1.24 bits per heavy atom. The van der Waals surface area contributed by atoms with Crippen LogP contribution < -0.4 is 10.1 Å². The second-order valence-electron chi connectivity index (χ2n) is 13.3. The highest BCUT2D eigenvalue weighted by Crippen LogP contribution is 2.46. The fourth-order valence-electron chi connectivity index (χ4n) is 5.78. The third-order valence-corrected chi connectivity index (χ3v) is 11.3. The van der Waals surface area contributed by atoms with E-state index in [0.717, 1.165) is 16.3 Å². The fraction of sp³-hybridized carbons (Fsp3) is 0.562. The number of sulfone groups is 1. The molecule has 1 N–H and O–H groups in total. The molecule has 2 heterocycles. The number of hydrogen-bond acceptors (Lipinski definition) is 7. The summed E-state index contributed by atoms with van der Waals surface area (Å²) < 4.78 is 31.6. The third kappa shape index (κ3) is 5.82. The summed E-state index contributed by atoms with van der Waals surface area (Å²) in [6.07, 6.45) is 4.39. The lowest BCUT2D eigenvalue weighted by atomic mass is 9.81. The Labute approximate surface area is 248 Å². The SMILES string of the molecule is C=C[C@@H]1C[C@]1(NC(=O)[C@@H]1C[C@@H](Oc2nccc3cc(C)ccc23)CN1C(=O)[C@@H](C)C(C)(C)C)C(=O)CS(=O)(=O)C1CC1. The van der Waals surface area contributed by atoms with E-state index in [-0.39, 0.29) is 36.1 Å². The van der Waals surface area contributed by atoms with Crippen molar-refractivity contribution in [3.05, 3.63) is 48.7 Å². The van der Waals surface area contributed by atoms with Crippen LogP contribution in [0, 0.1) is 24.2 Å². The molecule has 1 saturated heterocycles. The Balaban J connectivity index is 1.39. The zero-order chi connectivity index (χ0) is 30.6. The van der Waals surface area contributed by atoms with E-state index in [4.69, 9.17) is 4.74 Å². The van der Waals surface area contributed by atoms with Gasteiger partial charge in [-0.05, 0) is 49.1 Å². The number of ketones is 1. The molecule has 1 aromatic heterocycles. The molecule has 0 bridgehead atoms. The van der Waals surface area contributed by atoms with Gasteiger partial charge in [0.05, 0.1) is 11.8 Å². The van der Waals surface area contributed by atoms with Gasteiger partial charge in [0.1, 0.15) is 23.4 Å². The summed E-state index contributed by atoms with van der Waals surface area (Å²) in [6, 6.07) is 6.99. The second kappa shape index (κ2) is 10.8.